The van der Waals surface area contributed by atoms with Gasteiger partial charge in [0, 0.05) is 11.9 Å². The predicted molar refractivity (Wildman–Crippen MR) is 132 cm³/mol. The molecule has 0 radical (unpaired) electrons. The summed E-state index contributed by atoms with van der Waals surface area (Å²) in [5, 5.41) is 0.549. The average molecular weight is 513 g/mol. The molecule has 0 amide bonds. The van der Waals surface area contributed by atoms with E-state index in [4.69, 9.17) is 25.8 Å². The van der Waals surface area contributed by atoms with Gasteiger partial charge in [-0.15, -0.1) is 0 Å². The van der Waals surface area contributed by atoms with Gasteiger partial charge in [-0.25, -0.2) is 9.79 Å². The smallest absolute Gasteiger partial charge is 0.338 e. The molecular weight excluding hydrogens is 492 g/mol. The van der Waals surface area contributed by atoms with Crippen LogP contribution in [0, 0.1) is 0 Å². The van der Waals surface area contributed by atoms with Crippen LogP contribution in [0.25, 0.3) is 6.08 Å². The molecule has 10 heteroatoms. The number of halogens is 1. The van der Waals surface area contributed by atoms with E-state index in [-0.39, 0.29) is 22.6 Å². The van der Waals surface area contributed by atoms with Gasteiger partial charge in [0.1, 0.15) is 0 Å². The fourth-order valence-electron chi connectivity index (χ4n) is 3.85. The topological polar surface area (TPSA) is 96.2 Å². The number of carbonyl (C=O) groups excluding carboxylic acids is 2. The Bertz CT molecular complexity index is 1550. The van der Waals surface area contributed by atoms with Gasteiger partial charge in [-0.3, -0.25) is 14.2 Å². The van der Waals surface area contributed by atoms with Gasteiger partial charge in [-0.2, -0.15) is 0 Å². The first-order valence-corrected chi connectivity index (χ1v) is 11.7. The summed E-state index contributed by atoms with van der Waals surface area (Å²) < 4.78 is 17.5. The van der Waals surface area contributed by atoms with E-state index in [1.54, 1.807) is 49.4 Å². The molecule has 0 saturated heterocycles. The number of allylic oxidation sites excluding steroid dienone is 1. The minimum Gasteiger partial charge on any atom is -0.493 e. The molecular formula is C25H21ClN2O6S. The van der Waals surface area contributed by atoms with Crippen molar-refractivity contribution in [2.24, 2.45) is 4.99 Å². The molecule has 2 heterocycles. The van der Waals surface area contributed by atoms with Crippen LogP contribution in [0.4, 0.5) is 0 Å². The maximum atomic E-state index is 13.6. The molecule has 1 aromatic heterocycles. The fourth-order valence-corrected chi connectivity index (χ4v) is 5.09. The van der Waals surface area contributed by atoms with Crippen LogP contribution in [-0.4, -0.2) is 30.7 Å². The summed E-state index contributed by atoms with van der Waals surface area (Å²) in [6.07, 6.45) is 1.73. The predicted octanol–water partition coefficient (Wildman–Crippen LogP) is 3.00. The second kappa shape index (κ2) is 9.89. The van der Waals surface area contributed by atoms with Crippen molar-refractivity contribution in [2.45, 2.75) is 19.9 Å². The third-order valence-electron chi connectivity index (χ3n) is 5.33. The maximum Gasteiger partial charge on any atom is 0.338 e. The summed E-state index contributed by atoms with van der Waals surface area (Å²) in [6.45, 7) is 2.98. The summed E-state index contributed by atoms with van der Waals surface area (Å²) in [7, 11) is 2.71. The molecule has 8 nitrogen and oxygen atoms in total. The lowest BCUT2D eigenvalue weighted by Crippen LogP contribution is -2.39. The van der Waals surface area contributed by atoms with Gasteiger partial charge in [-0.05, 0) is 48.4 Å². The quantitative estimate of drug-likeness (QED) is 0.385. The van der Waals surface area contributed by atoms with Crippen LogP contribution >= 0.6 is 22.9 Å². The summed E-state index contributed by atoms with van der Waals surface area (Å²) in [4.78, 5) is 42.8. The molecule has 0 unspecified atom stereocenters. The van der Waals surface area contributed by atoms with E-state index in [9.17, 15) is 14.4 Å². The van der Waals surface area contributed by atoms with Gasteiger partial charge >= 0.3 is 11.9 Å². The van der Waals surface area contributed by atoms with E-state index in [1.807, 2.05) is 6.07 Å². The van der Waals surface area contributed by atoms with Crippen LogP contribution in [-0.2, 0) is 14.3 Å². The molecule has 4 rings (SSSR count). The van der Waals surface area contributed by atoms with Crippen LogP contribution in [0.2, 0.25) is 5.02 Å². The molecule has 0 saturated carbocycles. The minimum atomic E-state index is -0.833. The molecule has 0 N–H and O–H groups in total. The van der Waals surface area contributed by atoms with Crippen molar-refractivity contribution in [1.29, 1.82) is 0 Å². The molecule has 1 aliphatic heterocycles. The third kappa shape index (κ3) is 4.78. The van der Waals surface area contributed by atoms with Crippen molar-refractivity contribution in [2.75, 3.05) is 14.2 Å². The average Bonchev–Trinajstić information content (AvgIpc) is 3.12. The lowest BCUT2D eigenvalue weighted by molar-refractivity contribution is -0.136. The first-order valence-electron chi connectivity index (χ1n) is 10.5. The van der Waals surface area contributed by atoms with Gasteiger partial charge in [0.2, 0.25) is 0 Å². The Morgan fingerprint density at radius 2 is 1.91 bits per heavy atom. The number of fused-ring (bicyclic) bond motifs is 1. The minimum absolute atomic E-state index is 0.219. The largest absolute Gasteiger partial charge is 0.493 e. The van der Waals surface area contributed by atoms with Crippen LogP contribution in [0.15, 0.2) is 63.5 Å². The Kier molecular flexibility index (Phi) is 6.90. The summed E-state index contributed by atoms with van der Waals surface area (Å²) in [5.74, 6) is -0.616. The lowest BCUT2D eigenvalue weighted by atomic mass is 9.95. The highest BCUT2D eigenvalue weighted by Crippen LogP contribution is 2.36. The number of hydrogen-bond donors (Lipinski definition) is 0. The number of ether oxygens (including phenoxy) is 3. The van der Waals surface area contributed by atoms with Crippen molar-refractivity contribution < 1.29 is 23.8 Å². The Hall–Kier alpha value is -3.69. The van der Waals surface area contributed by atoms with Crippen LogP contribution in [0.3, 0.4) is 0 Å². The van der Waals surface area contributed by atoms with Gasteiger partial charge < -0.3 is 14.2 Å². The Morgan fingerprint density at radius 3 is 2.57 bits per heavy atom. The summed E-state index contributed by atoms with van der Waals surface area (Å²) in [5.41, 5.74) is 1.64. The normalized spacial score (nSPS) is 15.3. The van der Waals surface area contributed by atoms with E-state index < -0.39 is 18.0 Å². The van der Waals surface area contributed by atoms with Crippen LogP contribution in [0.5, 0.6) is 11.5 Å². The number of nitrogens with zero attached hydrogens (tertiary/aromatic N) is 2. The molecule has 0 spiro atoms. The Balaban J connectivity index is 1.96. The molecule has 1 aliphatic rings. The number of thiazole rings is 1. The zero-order valence-corrected chi connectivity index (χ0v) is 20.9. The molecule has 3 aromatic rings. The van der Waals surface area contributed by atoms with Crippen LogP contribution < -0.4 is 24.4 Å². The van der Waals surface area contributed by atoms with E-state index in [0.717, 1.165) is 5.56 Å². The number of aromatic nitrogens is 1. The molecule has 0 bridgehead atoms. The van der Waals surface area contributed by atoms with Crippen molar-refractivity contribution in [3.63, 3.8) is 0 Å². The first-order chi connectivity index (χ1) is 16.7. The van der Waals surface area contributed by atoms with Crippen LogP contribution in [0.1, 0.15) is 31.0 Å². The van der Waals surface area contributed by atoms with Crippen molar-refractivity contribution in [3.8, 4) is 11.5 Å². The number of rotatable bonds is 5. The van der Waals surface area contributed by atoms with Crippen molar-refractivity contribution >= 4 is 41.0 Å². The standard InChI is InChI=1S/C25H21ClN2O6S/c1-13-21(24(31)33-4)22(16-8-9-18(34-14(2)29)19(12-16)32-3)28-23(30)20(35-25(28)27-13)11-15-6-5-7-17(26)10-15/h5-12,22H,1-4H3/b20-11+/t22-/m1/s1. The molecule has 35 heavy (non-hydrogen) atoms. The second-order valence-electron chi connectivity index (χ2n) is 7.63. The van der Waals surface area contributed by atoms with Gasteiger partial charge in [-0.1, -0.05) is 41.1 Å². The van der Waals surface area contributed by atoms with E-state index in [2.05, 4.69) is 4.99 Å². The SMILES string of the molecule is COC(=O)C1=C(C)N=c2s/c(=C/c3cccc(Cl)c3)c(=O)n2[C@@H]1c1ccc(OC(C)=O)c(OC)c1. The maximum absolute atomic E-state index is 13.6. The van der Waals surface area contributed by atoms with Gasteiger partial charge in [0.05, 0.1) is 36.1 Å². The highest BCUT2D eigenvalue weighted by atomic mass is 35.5. The summed E-state index contributed by atoms with van der Waals surface area (Å²) in [6, 6.07) is 11.2. The molecule has 0 fully saturated rings. The number of hydrogen-bond acceptors (Lipinski definition) is 8. The van der Waals surface area contributed by atoms with Crippen molar-refractivity contribution in [1.82, 2.24) is 4.57 Å². The monoisotopic (exact) mass is 512 g/mol. The second-order valence-corrected chi connectivity index (χ2v) is 9.08. The number of carbonyl (C=O) groups is 2. The Morgan fingerprint density at radius 1 is 1.14 bits per heavy atom. The van der Waals surface area contributed by atoms with E-state index in [0.29, 0.717) is 25.6 Å². The number of methoxy groups -OCH3 is 2. The van der Waals surface area contributed by atoms with Gasteiger partial charge in [0.15, 0.2) is 16.3 Å². The third-order valence-corrected chi connectivity index (χ3v) is 6.55. The van der Waals surface area contributed by atoms with E-state index >= 15 is 0 Å². The highest BCUT2D eigenvalue weighted by Gasteiger charge is 2.33. The number of esters is 2. The van der Waals surface area contributed by atoms with Gasteiger partial charge in [0.25, 0.3) is 5.56 Å². The lowest BCUT2D eigenvalue weighted by Gasteiger charge is -2.25. The highest BCUT2D eigenvalue weighted by molar-refractivity contribution is 7.07. The fraction of sp³-hybridized carbons (Fsp3) is 0.200. The molecule has 1 atom stereocenters. The first kappa shape index (κ1) is 24.4. The number of benzene rings is 2. The zero-order valence-electron chi connectivity index (χ0n) is 19.3. The Labute approximate surface area is 209 Å². The summed E-state index contributed by atoms with van der Waals surface area (Å²) >= 11 is 7.30. The zero-order chi connectivity index (χ0) is 25.3. The van der Waals surface area contributed by atoms with E-state index in [1.165, 1.54) is 37.0 Å². The van der Waals surface area contributed by atoms with Crippen molar-refractivity contribution in [3.05, 3.63) is 89.6 Å². The molecule has 2 aromatic carbocycles. The molecule has 180 valence electrons. The molecule has 0 aliphatic carbocycles.